The molecule has 1 unspecified atom stereocenters. The maximum atomic E-state index is 12.7. The molecule has 0 aromatic heterocycles. The molecule has 1 N–H and O–H groups in total. The minimum absolute atomic E-state index is 0.0838. The van der Waals surface area contributed by atoms with Crippen molar-refractivity contribution in [1.82, 2.24) is 4.90 Å². The number of nitro benzene ring substituents is 1. The van der Waals surface area contributed by atoms with Gasteiger partial charge in [0.1, 0.15) is 5.75 Å². The van der Waals surface area contributed by atoms with Crippen LogP contribution in [0.1, 0.15) is 24.2 Å². The van der Waals surface area contributed by atoms with E-state index < -0.39 is 14.9 Å². The first kappa shape index (κ1) is 23.6. The van der Waals surface area contributed by atoms with Crippen LogP contribution in [0.3, 0.4) is 0 Å². The summed E-state index contributed by atoms with van der Waals surface area (Å²) in [7, 11) is -2.79. The largest absolute Gasteiger partial charge is 0.495 e. The molecule has 11 heteroatoms. The van der Waals surface area contributed by atoms with Gasteiger partial charge < -0.3 is 9.64 Å². The van der Waals surface area contributed by atoms with Gasteiger partial charge in [-0.25, -0.2) is 8.42 Å². The van der Waals surface area contributed by atoms with Gasteiger partial charge in [-0.05, 0) is 44.2 Å². The van der Waals surface area contributed by atoms with Crippen LogP contribution >= 0.6 is 0 Å². The standard InChI is InChI=1S/C20H22N4O6S/c1-4-23(13-14(2)12-21)20(25)15-5-8-17(9-6-15)31(28,29)22-18-11-16(24(26)27)7-10-19(18)30-3/h5-11,14,22H,4,13H2,1-3H3. The third kappa shape index (κ3) is 5.70. The number of ether oxygens (including phenoxy) is 1. The van der Waals surface area contributed by atoms with E-state index in [1.807, 2.05) is 0 Å². The fourth-order valence-electron chi connectivity index (χ4n) is 2.78. The monoisotopic (exact) mass is 446 g/mol. The van der Waals surface area contributed by atoms with Crippen LogP contribution in [0.25, 0.3) is 0 Å². The maximum Gasteiger partial charge on any atom is 0.271 e. The highest BCUT2D eigenvalue weighted by atomic mass is 32.2. The first-order valence-electron chi connectivity index (χ1n) is 9.27. The highest BCUT2D eigenvalue weighted by molar-refractivity contribution is 7.92. The average molecular weight is 446 g/mol. The van der Waals surface area contributed by atoms with Gasteiger partial charge in [-0.3, -0.25) is 19.6 Å². The summed E-state index contributed by atoms with van der Waals surface area (Å²) in [5.74, 6) is -0.536. The van der Waals surface area contributed by atoms with Crippen LogP contribution in [0.4, 0.5) is 11.4 Å². The van der Waals surface area contributed by atoms with E-state index in [-0.39, 0.29) is 46.0 Å². The van der Waals surface area contributed by atoms with E-state index in [4.69, 9.17) is 10.00 Å². The second kappa shape index (κ2) is 9.90. The minimum atomic E-state index is -4.10. The zero-order valence-electron chi connectivity index (χ0n) is 17.2. The molecule has 0 saturated heterocycles. The van der Waals surface area contributed by atoms with Gasteiger partial charge in [-0.1, -0.05) is 0 Å². The first-order chi connectivity index (χ1) is 14.6. The van der Waals surface area contributed by atoms with E-state index in [9.17, 15) is 23.3 Å². The molecule has 2 aromatic carbocycles. The number of carbonyl (C=O) groups is 1. The molecule has 164 valence electrons. The van der Waals surface area contributed by atoms with E-state index in [0.717, 1.165) is 6.07 Å². The normalized spacial score (nSPS) is 11.8. The Morgan fingerprint density at radius 3 is 2.45 bits per heavy atom. The van der Waals surface area contributed by atoms with Gasteiger partial charge in [0.05, 0.1) is 34.6 Å². The van der Waals surface area contributed by atoms with Crippen LogP contribution in [0, 0.1) is 27.4 Å². The second-order valence-electron chi connectivity index (χ2n) is 6.65. The van der Waals surface area contributed by atoms with Gasteiger partial charge in [-0.15, -0.1) is 0 Å². The van der Waals surface area contributed by atoms with Gasteiger partial charge in [0.15, 0.2) is 0 Å². The highest BCUT2D eigenvalue weighted by Crippen LogP contribution is 2.30. The summed E-state index contributed by atoms with van der Waals surface area (Å²) in [5, 5.41) is 19.9. The molecule has 0 saturated carbocycles. The molecular weight excluding hydrogens is 424 g/mol. The fourth-order valence-corrected chi connectivity index (χ4v) is 3.84. The first-order valence-corrected chi connectivity index (χ1v) is 10.8. The maximum absolute atomic E-state index is 12.7. The van der Waals surface area contributed by atoms with Crippen LogP contribution < -0.4 is 9.46 Å². The summed E-state index contributed by atoms with van der Waals surface area (Å²) in [6.07, 6.45) is 0. The average Bonchev–Trinajstić information content (AvgIpc) is 2.76. The zero-order chi connectivity index (χ0) is 23.2. The Labute approximate surface area is 180 Å². The summed E-state index contributed by atoms with van der Waals surface area (Å²) in [4.78, 5) is 24.3. The number of nitro groups is 1. The van der Waals surface area contributed by atoms with E-state index >= 15 is 0 Å². The SMILES string of the molecule is CCN(CC(C)C#N)C(=O)c1ccc(S(=O)(=O)Nc2cc([N+](=O)[O-])ccc2OC)cc1. The number of nitriles is 1. The summed E-state index contributed by atoms with van der Waals surface area (Å²) in [5.41, 5.74) is -0.107. The van der Waals surface area contributed by atoms with Crippen molar-refractivity contribution in [3.05, 3.63) is 58.1 Å². The molecule has 2 aromatic rings. The third-order valence-corrected chi connectivity index (χ3v) is 5.81. The molecule has 0 fully saturated rings. The van der Waals surface area contributed by atoms with Crippen LogP contribution in [0.15, 0.2) is 47.4 Å². The smallest absolute Gasteiger partial charge is 0.271 e. The van der Waals surface area contributed by atoms with Crippen LogP contribution in [0.2, 0.25) is 0 Å². The van der Waals surface area contributed by atoms with Crippen molar-refractivity contribution in [3.63, 3.8) is 0 Å². The highest BCUT2D eigenvalue weighted by Gasteiger charge is 2.21. The summed E-state index contributed by atoms with van der Waals surface area (Å²) in [6, 6.07) is 10.9. The lowest BCUT2D eigenvalue weighted by Gasteiger charge is -2.22. The lowest BCUT2D eigenvalue weighted by molar-refractivity contribution is -0.384. The molecule has 0 aliphatic rings. The Morgan fingerprint density at radius 1 is 1.29 bits per heavy atom. The molecule has 31 heavy (non-hydrogen) atoms. The van der Waals surface area contributed by atoms with E-state index in [2.05, 4.69) is 10.8 Å². The number of rotatable bonds is 9. The fraction of sp³-hybridized carbons (Fsp3) is 0.300. The van der Waals surface area contributed by atoms with Gasteiger partial charge in [0.25, 0.3) is 21.6 Å². The summed E-state index contributed by atoms with van der Waals surface area (Å²) < 4.78 is 32.8. The molecule has 0 heterocycles. The number of sulfonamides is 1. The Morgan fingerprint density at radius 2 is 1.94 bits per heavy atom. The number of benzene rings is 2. The van der Waals surface area contributed by atoms with E-state index in [1.54, 1.807) is 13.8 Å². The Hall–Kier alpha value is -3.65. The number of anilines is 1. The van der Waals surface area contributed by atoms with Crippen molar-refractivity contribution in [2.75, 3.05) is 24.9 Å². The summed E-state index contributed by atoms with van der Waals surface area (Å²) in [6.45, 7) is 4.16. The van der Waals surface area contributed by atoms with Gasteiger partial charge >= 0.3 is 0 Å². The van der Waals surface area contributed by atoms with Gasteiger partial charge in [0, 0.05) is 30.8 Å². The van der Waals surface area contributed by atoms with Crippen molar-refractivity contribution in [2.24, 2.45) is 5.92 Å². The quantitative estimate of drug-likeness (QED) is 0.461. The molecule has 10 nitrogen and oxygen atoms in total. The molecule has 2 rings (SSSR count). The Bertz CT molecular complexity index is 1110. The van der Waals surface area contributed by atoms with Crippen LogP contribution in [0.5, 0.6) is 5.75 Å². The summed E-state index contributed by atoms with van der Waals surface area (Å²) >= 11 is 0. The number of non-ortho nitro benzene ring substituents is 1. The van der Waals surface area contributed by atoms with Crippen molar-refractivity contribution in [1.29, 1.82) is 5.26 Å². The predicted molar refractivity (Wildman–Crippen MR) is 113 cm³/mol. The van der Waals surface area contributed by atoms with Crippen LogP contribution in [-0.2, 0) is 10.0 Å². The topological polar surface area (TPSA) is 143 Å². The minimum Gasteiger partial charge on any atom is -0.495 e. The lowest BCUT2D eigenvalue weighted by Crippen LogP contribution is -2.34. The van der Waals surface area contributed by atoms with Crippen molar-refractivity contribution in [2.45, 2.75) is 18.7 Å². The van der Waals surface area contributed by atoms with Gasteiger partial charge in [-0.2, -0.15) is 5.26 Å². The number of hydrogen-bond acceptors (Lipinski definition) is 7. The Balaban J connectivity index is 2.28. The van der Waals surface area contributed by atoms with Crippen LogP contribution in [-0.4, -0.2) is 44.3 Å². The van der Waals surface area contributed by atoms with E-state index in [1.165, 1.54) is 48.4 Å². The number of nitrogens with one attached hydrogen (secondary N) is 1. The molecule has 0 spiro atoms. The van der Waals surface area contributed by atoms with Crippen molar-refractivity contribution < 1.29 is 22.9 Å². The molecular formula is C20H22N4O6S. The Kier molecular flexibility index (Phi) is 7.55. The van der Waals surface area contributed by atoms with Crippen molar-refractivity contribution in [3.8, 4) is 11.8 Å². The lowest BCUT2D eigenvalue weighted by atomic mass is 10.1. The number of amides is 1. The number of methoxy groups -OCH3 is 1. The molecule has 0 aliphatic carbocycles. The second-order valence-corrected chi connectivity index (χ2v) is 8.33. The molecule has 0 aliphatic heterocycles. The number of hydrogen-bond donors (Lipinski definition) is 1. The number of carbonyl (C=O) groups excluding carboxylic acids is 1. The van der Waals surface area contributed by atoms with Crippen molar-refractivity contribution >= 4 is 27.3 Å². The zero-order valence-corrected chi connectivity index (χ0v) is 18.0. The van der Waals surface area contributed by atoms with E-state index in [0.29, 0.717) is 6.54 Å². The molecule has 0 radical (unpaired) electrons. The van der Waals surface area contributed by atoms with Gasteiger partial charge in [0.2, 0.25) is 0 Å². The molecule has 1 amide bonds. The number of nitrogens with zero attached hydrogens (tertiary/aromatic N) is 3. The predicted octanol–water partition coefficient (Wildman–Crippen LogP) is 3.03. The third-order valence-electron chi connectivity index (χ3n) is 4.43. The molecule has 1 atom stereocenters. The molecule has 0 bridgehead atoms.